The molecule has 0 fully saturated rings. The molecule has 6 rings (SSSR count). The van der Waals surface area contributed by atoms with E-state index in [1.54, 1.807) is 0 Å². The smallest absolute Gasteiger partial charge is 0.302 e. The van der Waals surface area contributed by atoms with Crippen molar-refractivity contribution < 1.29 is 36.1 Å². The van der Waals surface area contributed by atoms with Crippen LogP contribution in [0.15, 0.2) is 133 Å². The molecule has 0 aliphatic rings. The molecule has 5 heteroatoms. The van der Waals surface area contributed by atoms with Crippen LogP contribution in [0, 0.1) is 0 Å². The van der Waals surface area contributed by atoms with Crippen molar-refractivity contribution in [3.05, 3.63) is 156 Å². The minimum Gasteiger partial charge on any atom is -0.747 e. The van der Waals surface area contributed by atoms with Gasteiger partial charge in [-0.25, -0.2) is 12.1 Å². The Morgan fingerprint density at radius 3 is 1.54 bits per heavy atom. The van der Waals surface area contributed by atoms with Crippen molar-refractivity contribution in [2.75, 3.05) is 0 Å². The number of carbonyl (C=O) groups excluding carboxylic acids is 2. The molecule has 0 heterocycles. The second kappa shape index (κ2) is 13.8. The fourth-order valence-corrected chi connectivity index (χ4v) is 4.86. The van der Waals surface area contributed by atoms with Crippen molar-refractivity contribution in [2.45, 2.75) is 26.1 Å². The molecule has 0 saturated carbocycles. The maximum atomic E-state index is 11.4. The normalized spacial score (nSPS) is 12.0. The number of benzene rings is 4. The number of hydrogen-bond donors (Lipinski definition) is 0. The fourth-order valence-electron chi connectivity index (χ4n) is 4.86. The van der Waals surface area contributed by atoms with Crippen molar-refractivity contribution in [3.63, 3.8) is 0 Å². The van der Waals surface area contributed by atoms with Gasteiger partial charge in [0.25, 0.3) is 0 Å². The summed E-state index contributed by atoms with van der Waals surface area (Å²) in [5.74, 6) is -0.547. The predicted octanol–water partition coefficient (Wildman–Crippen LogP) is 8.42. The molecule has 0 aromatic heterocycles. The molecule has 0 aliphatic heterocycles. The average Bonchev–Trinajstić information content (AvgIpc) is 3.70. The minimum absolute atomic E-state index is 0. The number of hydrogen-bond acceptors (Lipinski definition) is 4. The van der Waals surface area contributed by atoms with E-state index in [0.29, 0.717) is 0 Å². The van der Waals surface area contributed by atoms with E-state index in [1.165, 1.54) is 24.6 Å². The number of rotatable bonds is 6. The molecule has 0 radical (unpaired) electrons. The van der Waals surface area contributed by atoms with Gasteiger partial charge in [0.15, 0.2) is 0 Å². The van der Waals surface area contributed by atoms with Gasteiger partial charge in [0.05, 0.1) is 0 Å². The topological polar surface area (TPSA) is 52.6 Å². The fraction of sp³-hybridized carbons (Fsp3) is 0.111. The molecule has 6 aromatic carbocycles. The zero-order valence-electron chi connectivity index (χ0n) is 22.8. The molecule has 0 aliphatic carbocycles. The van der Waals surface area contributed by atoms with Crippen LogP contribution in [0.3, 0.4) is 0 Å². The molecule has 0 spiro atoms. The van der Waals surface area contributed by atoms with Crippen LogP contribution >= 0.6 is 0 Å². The summed E-state index contributed by atoms with van der Waals surface area (Å²) in [4.78, 5) is 22.7. The van der Waals surface area contributed by atoms with Crippen LogP contribution in [-0.2, 0) is 36.1 Å². The Morgan fingerprint density at radius 1 is 0.610 bits per heavy atom. The van der Waals surface area contributed by atoms with E-state index >= 15 is 0 Å². The standard InChI is InChI=1S/2C18H15O2.Fe/c2*1-13(19)20-18(15-7-3-4-8-15)17-11-10-14-6-2-5-9-16(14)12-17;/h2*2-12,18H,1H3;/q-5;-1;. The van der Waals surface area contributed by atoms with E-state index in [-0.39, 0.29) is 41.2 Å². The molecule has 0 saturated heterocycles. The molecular weight excluding hydrogens is 552 g/mol. The van der Waals surface area contributed by atoms with Crippen LogP contribution in [-0.4, -0.2) is 11.9 Å². The summed E-state index contributed by atoms with van der Waals surface area (Å²) >= 11 is 0. The van der Waals surface area contributed by atoms with Crippen molar-refractivity contribution in [3.8, 4) is 0 Å². The van der Waals surface area contributed by atoms with E-state index in [9.17, 15) is 9.59 Å². The summed E-state index contributed by atoms with van der Waals surface area (Å²) in [7, 11) is 0. The van der Waals surface area contributed by atoms with Gasteiger partial charge in [-0.2, -0.15) is 12.1 Å². The van der Waals surface area contributed by atoms with Gasteiger partial charge < -0.3 is 39.3 Å². The largest absolute Gasteiger partial charge is 0.747 e. The van der Waals surface area contributed by atoms with E-state index in [4.69, 9.17) is 9.47 Å². The van der Waals surface area contributed by atoms with Crippen LogP contribution in [0.2, 0.25) is 0 Å². The first-order valence-corrected chi connectivity index (χ1v) is 13.2. The summed E-state index contributed by atoms with van der Waals surface area (Å²) in [6.45, 7) is 2.88. The third kappa shape index (κ3) is 7.40. The maximum absolute atomic E-state index is 11.4. The van der Waals surface area contributed by atoms with Crippen molar-refractivity contribution in [1.29, 1.82) is 0 Å². The maximum Gasteiger partial charge on any atom is 0.302 e. The monoisotopic (exact) mass is 582 g/mol. The second-order valence-corrected chi connectivity index (χ2v) is 9.63. The van der Waals surface area contributed by atoms with Crippen LogP contribution in [0.5, 0.6) is 0 Å². The molecule has 41 heavy (non-hydrogen) atoms. The number of carbonyl (C=O) groups is 2. The molecule has 2 atom stereocenters. The Labute approximate surface area is 250 Å². The van der Waals surface area contributed by atoms with Crippen LogP contribution in [0.25, 0.3) is 21.5 Å². The molecule has 0 amide bonds. The SMILES string of the molecule is CC(=O)OC(c1ccc2ccccc2c1)[c-]1[cH-][cH-][cH-][cH-]1.CC(=O)OC(c1ccc2ccccc2c1)[c-]1cccc1.[Fe]. The first kappa shape index (κ1) is 29.5. The first-order valence-electron chi connectivity index (χ1n) is 13.2. The molecule has 2 unspecified atom stereocenters. The summed E-state index contributed by atoms with van der Waals surface area (Å²) < 4.78 is 11.0. The molecule has 4 nitrogen and oxygen atoms in total. The average molecular weight is 582 g/mol. The third-order valence-electron chi connectivity index (χ3n) is 6.70. The first-order chi connectivity index (χ1) is 19.5. The predicted molar refractivity (Wildman–Crippen MR) is 159 cm³/mol. The Bertz CT molecular complexity index is 1590. The number of fused-ring (bicyclic) bond motifs is 2. The van der Waals surface area contributed by atoms with Crippen LogP contribution in [0.1, 0.15) is 48.3 Å². The van der Waals surface area contributed by atoms with Gasteiger partial charge in [-0.05, 0) is 44.8 Å². The van der Waals surface area contributed by atoms with E-state index in [1.807, 2.05) is 84.9 Å². The Balaban J connectivity index is 0.000000184. The van der Waals surface area contributed by atoms with Gasteiger partial charge in [0.1, 0.15) is 6.10 Å². The second-order valence-electron chi connectivity index (χ2n) is 9.63. The van der Waals surface area contributed by atoms with Gasteiger partial charge >= 0.3 is 11.9 Å². The van der Waals surface area contributed by atoms with Crippen LogP contribution < -0.4 is 0 Å². The molecule has 212 valence electrons. The van der Waals surface area contributed by atoms with E-state index in [2.05, 4.69) is 48.5 Å². The molecular formula is C36H30FeO4-6. The molecule has 6 aromatic rings. The zero-order chi connectivity index (χ0) is 27.9. The molecule has 0 N–H and O–H groups in total. The van der Waals surface area contributed by atoms with Gasteiger partial charge in [-0.1, -0.05) is 78.9 Å². The van der Waals surface area contributed by atoms with Gasteiger partial charge in [-0.15, -0.1) is 5.56 Å². The van der Waals surface area contributed by atoms with Crippen molar-refractivity contribution in [1.82, 2.24) is 0 Å². The van der Waals surface area contributed by atoms with E-state index in [0.717, 1.165) is 33.0 Å². The van der Waals surface area contributed by atoms with Gasteiger partial charge in [0.2, 0.25) is 0 Å². The summed E-state index contributed by atoms with van der Waals surface area (Å²) in [6, 6.07) is 44.3. The van der Waals surface area contributed by atoms with Gasteiger partial charge in [-0.3, -0.25) is 9.59 Å². The Morgan fingerprint density at radius 2 is 1.05 bits per heavy atom. The quantitative estimate of drug-likeness (QED) is 0.112. The minimum atomic E-state index is -0.341. The Kier molecular flexibility index (Phi) is 9.91. The number of ether oxygens (including phenoxy) is 2. The summed E-state index contributed by atoms with van der Waals surface area (Å²) in [5.41, 5.74) is 3.97. The van der Waals surface area contributed by atoms with Crippen LogP contribution in [0.4, 0.5) is 0 Å². The summed E-state index contributed by atoms with van der Waals surface area (Å²) in [5, 5.41) is 4.66. The summed E-state index contributed by atoms with van der Waals surface area (Å²) in [6.07, 6.45) is -0.681. The third-order valence-corrected chi connectivity index (χ3v) is 6.70. The Hall–Kier alpha value is -4.44. The molecule has 0 bridgehead atoms. The zero-order valence-corrected chi connectivity index (χ0v) is 23.9. The van der Waals surface area contributed by atoms with Crippen molar-refractivity contribution in [2.24, 2.45) is 0 Å². The van der Waals surface area contributed by atoms with E-state index < -0.39 is 0 Å². The van der Waals surface area contributed by atoms with Gasteiger partial charge in [0, 0.05) is 30.9 Å². The number of esters is 2. The van der Waals surface area contributed by atoms with Crippen molar-refractivity contribution >= 4 is 33.5 Å².